The minimum Gasteiger partial charge on any atom is -0.462 e. The van der Waals surface area contributed by atoms with Crippen LogP contribution in [0, 0.1) is 24.0 Å². The van der Waals surface area contributed by atoms with E-state index in [9.17, 15) is 19.7 Å². The Hall–Kier alpha value is -3.23. The third kappa shape index (κ3) is 4.60. The maximum Gasteiger partial charge on any atom is 0.341 e. The molecule has 1 amide bonds. The molecule has 1 heterocycles. The normalized spacial score (nSPS) is 10.6. The molecular formula is C22H19ClN2O5S. The Morgan fingerprint density at radius 1 is 1.16 bits per heavy atom. The zero-order valence-electron chi connectivity index (χ0n) is 17.0. The van der Waals surface area contributed by atoms with Gasteiger partial charge in [0.05, 0.1) is 11.5 Å². The van der Waals surface area contributed by atoms with E-state index in [2.05, 4.69) is 5.32 Å². The van der Waals surface area contributed by atoms with Crippen LogP contribution in [0.4, 0.5) is 10.7 Å². The summed E-state index contributed by atoms with van der Waals surface area (Å²) in [4.78, 5) is 37.2. The van der Waals surface area contributed by atoms with E-state index in [1.807, 2.05) is 6.92 Å². The number of nitro groups is 1. The molecule has 0 bridgehead atoms. The van der Waals surface area contributed by atoms with Gasteiger partial charge in [0, 0.05) is 32.7 Å². The zero-order chi connectivity index (χ0) is 22.7. The molecule has 1 N–H and O–H groups in total. The van der Waals surface area contributed by atoms with Crippen molar-refractivity contribution in [2.24, 2.45) is 0 Å². The van der Waals surface area contributed by atoms with Crippen molar-refractivity contribution in [3.63, 3.8) is 0 Å². The van der Waals surface area contributed by atoms with Crippen molar-refractivity contribution in [3.8, 4) is 11.1 Å². The molecule has 0 spiro atoms. The van der Waals surface area contributed by atoms with Crippen molar-refractivity contribution in [1.29, 1.82) is 0 Å². The van der Waals surface area contributed by atoms with Gasteiger partial charge in [-0.15, -0.1) is 11.3 Å². The highest BCUT2D eigenvalue weighted by Crippen LogP contribution is 2.41. The van der Waals surface area contributed by atoms with Gasteiger partial charge in [-0.05, 0) is 44.5 Å². The number of nitrogens with one attached hydrogen (secondary N) is 1. The molecular weight excluding hydrogens is 440 g/mol. The minimum absolute atomic E-state index is 0.150. The lowest BCUT2D eigenvalue weighted by Gasteiger charge is -2.10. The third-order valence-corrected chi connectivity index (χ3v) is 5.94. The van der Waals surface area contributed by atoms with Crippen LogP contribution in [0.3, 0.4) is 0 Å². The quantitative estimate of drug-likeness (QED) is 0.276. The molecule has 1 aromatic heterocycles. The number of aryl methyl sites for hydroxylation is 1. The summed E-state index contributed by atoms with van der Waals surface area (Å²) < 4.78 is 5.23. The van der Waals surface area contributed by atoms with Gasteiger partial charge in [0.25, 0.3) is 11.6 Å². The van der Waals surface area contributed by atoms with E-state index in [1.54, 1.807) is 31.2 Å². The molecule has 0 saturated carbocycles. The number of nitro benzene ring substituents is 1. The SMILES string of the molecule is CCOC(=O)c1c(NC(=O)c2cccc([N+](=O)[O-])c2C)sc(C)c1-c1ccc(Cl)cc1. The van der Waals surface area contributed by atoms with Crippen molar-refractivity contribution >= 4 is 45.5 Å². The van der Waals surface area contributed by atoms with Gasteiger partial charge in [-0.1, -0.05) is 29.8 Å². The number of hydrogen-bond acceptors (Lipinski definition) is 6. The average Bonchev–Trinajstić information content (AvgIpc) is 3.04. The second kappa shape index (κ2) is 9.28. The Kier molecular flexibility index (Phi) is 6.72. The number of carbonyl (C=O) groups excluding carboxylic acids is 2. The lowest BCUT2D eigenvalue weighted by Crippen LogP contribution is -2.16. The highest BCUT2D eigenvalue weighted by Gasteiger charge is 2.27. The first-order valence-corrected chi connectivity index (χ1v) is 10.6. The van der Waals surface area contributed by atoms with E-state index in [0.717, 1.165) is 10.4 Å². The fourth-order valence-electron chi connectivity index (χ4n) is 3.23. The molecule has 2 aromatic carbocycles. The molecule has 0 aliphatic carbocycles. The van der Waals surface area contributed by atoms with Crippen molar-refractivity contribution in [3.05, 3.63) is 79.2 Å². The van der Waals surface area contributed by atoms with Crippen LogP contribution < -0.4 is 5.32 Å². The average molecular weight is 459 g/mol. The van der Waals surface area contributed by atoms with Gasteiger partial charge in [0.1, 0.15) is 10.6 Å². The molecule has 0 aliphatic rings. The first-order valence-electron chi connectivity index (χ1n) is 9.36. The summed E-state index contributed by atoms with van der Waals surface area (Å²) in [6, 6.07) is 11.3. The molecule has 0 unspecified atom stereocenters. The predicted octanol–water partition coefficient (Wildman–Crippen LogP) is 6.02. The van der Waals surface area contributed by atoms with Gasteiger partial charge in [0.2, 0.25) is 0 Å². The molecule has 3 aromatic rings. The lowest BCUT2D eigenvalue weighted by molar-refractivity contribution is -0.385. The van der Waals surface area contributed by atoms with E-state index in [-0.39, 0.29) is 29.0 Å². The summed E-state index contributed by atoms with van der Waals surface area (Å²) in [5.74, 6) is -1.11. The van der Waals surface area contributed by atoms with Crippen LogP contribution in [0.1, 0.15) is 38.1 Å². The highest BCUT2D eigenvalue weighted by molar-refractivity contribution is 7.17. The molecule has 160 valence electrons. The monoisotopic (exact) mass is 458 g/mol. The summed E-state index contributed by atoms with van der Waals surface area (Å²) in [6.07, 6.45) is 0. The van der Waals surface area contributed by atoms with E-state index in [1.165, 1.54) is 36.5 Å². The number of anilines is 1. The number of rotatable bonds is 6. The third-order valence-electron chi connectivity index (χ3n) is 4.67. The number of benzene rings is 2. The maximum atomic E-state index is 12.9. The van der Waals surface area contributed by atoms with Crippen LogP contribution in [0.5, 0.6) is 0 Å². The standard InChI is InChI=1S/C22H19ClN2O5S/c1-4-30-22(27)19-18(14-8-10-15(23)11-9-14)13(3)31-21(19)24-20(26)16-6-5-7-17(12(16)2)25(28)29/h5-11H,4H2,1-3H3,(H,24,26). The van der Waals surface area contributed by atoms with Crippen molar-refractivity contribution in [2.45, 2.75) is 20.8 Å². The first-order chi connectivity index (χ1) is 14.7. The van der Waals surface area contributed by atoms with Crippen LogP contribution in [-0.4, -0.2) is 23.4 Å². The van der Waals surface area contributed by atoms with Crippen LogP contribution in [-0.2, 0) is 4.74 Å². The number of carbonyl (C=O) groups is 2. The fourth-order valence-corrected chi connectivity index (χ4v) is 4.42. The van der Waals surface area contributed by atoms with Crippen LogP contribution in [0.25, 0.3) is 11.1 Å². The number of amides is 1. The zero-order valence-corrected chi connectivity index (χ0v) is 18.6. The number of esters is 1. The Balaban J connectivity index is 2.07. The summed E-state index contributed by atoms with van der Waals surface area (Å²) in [5.41, 5.74) is 1.89. The van der Waals surface area contributed by atoms with Crippen molar-refractivity contribution < 1.29 is 19.2 Å². The maximum absolute atomic E-state index is 12.9. The van der Waals surface area contributed by atoms with Gasteiger partial charge >= 0.3 is 5.97 Å². The molecule has 31 heavy (non-hydrogen) atoms. The Morgan fingerprint density at radius 2 is 1.84 bits per heavy atom. The summed E-state index contributed by atoms with van der Waals surface area (Å²) >= 11 is 7.22. The predicted molar refractivity (Wildman–Crippen MR) is 121 cm³/mol. The molecule has 3 rings (SSSR count). The van der Waals surface area contributed by atoms with Gasteiger partial charge in [-0.2, -0.15) is 0 Å². The number of nitrogens with zero attached hydrogens (tertiary/aromatic N) is 1. The van der Waals surface area contributed by atoms with E-state index < -0.39 is 16.8 Å². The van der Waals surface area contributed by atoms with Gasteiger partial charge in [0.15, 0.2) is 0 Å². The number of ether oxygens (including phenoxy) is 1. The second-order valence-electron chi connectivity index (χ2n) is 6.63. The Labute approximate surface area is 187 Å². The summed E-state index contributed by atoms with van der Waals surface area (Å²) in [6.45, 7) is 5.22. The number of thiophene rings is 1. The lowest BCUT2D eigenvalue weighted by atomic mass is 10.0. The Morgan fingerprint density at radius 3 is 2.45 bits per heavy atom. The van der Waals surface area contributed by atoms with Crippen LogP contribution in [0.2, 0.25) is 5.02 Å². The van der Waals surface area contributed by atoms with Crippen molar-refractivity contribution in [1.82, 2.24) is 0 Å². The van der Waals surface area contributed by atoms with Crippen molar-refractivity contribution in [2.75, 3.05) is 11.9 Å². The fraction of sp³-hybridized carbons (Fsp3) is 0.182. The summed E-state index contributed by atoms with van der Waals surface area (Å²) in [7, 11) is 0. The van der Waals surface area contributed by atoms with E-state index in [0.29, 0.717) is 15.6 Å². The van der Waals surface area contributed by atoms with E-state index in [4.69, 9.17) is 16.3 Å². The van der Waals surface area contributed by atoms with Crippen LogP contribution in [0.15, 0.2) is 42.5 Å². The topological polar surface area (TPSA) is 98.5 Å². The van der Waals surface area contributed by atoms with Crippen LogP contribution >= 0.6 is 22.9 Å². The second-order valence-corrected chi connectivity index (χ2v) is 8.29. The molecule has 7 nitrogen and oxygen atoms in total. The van der Waals surface area contributed by atoms with Gasteiger partial charge < -0.3 is 10.1 Å². The van der Waals surface area contributed by atoms with E-state index >= 15 is 0 Å². The molecule has 0 saturated heterocycles. The number of halogens is 1. The molecule has 0 aliphatic heterocycles. The summed E-state index contributed by atoms with van der Waals surface area (Å²) in [5, 5.41) is 14.8. The first kappa shape index (κ1) is 22.5. The minimum atomic E-state index is -0.567. The largest absolute Gasteiger partial charge is 0.462 e. The molecule has 0 atom stereocenters. The van der Waals surface area contributed by atoms with Gasteiger partial charge in [-0.3, -0.25) is 14.9 Å². The van der Waals surface area contributed by atoms with Gasteiger partial charge in [-0.25, -0.2) is 4.79 Å². The smallest absolute Gasteiger partial charge is 0.341 e. The highest BCUT2D eigenvalue weighted by atomic mass is 35.5. The molecule has 9 heteroatoms. The molecule has 0 fully saturated rings. The Bertz CT molecular complexity index is 1170. The molecule has 0 radical (unpaired) electrons. The number of hydrogen-bond donors (Lipinski definition) is 1.